The van der Waals surface area contributed by atoms with Crippen LogP contribution in [0.2, 0.25) is 0 Å². The van der Waals surface area contributed by atoms with Crippen LogP contribution in [0.4, 0.5) is 0 Å². The van der Waals surface area contributed by atoms with Crippen LogP contribution in [0, 0.1) is 5.92 Å². The van der Waals surface area contributed by atoms with E-state index in [1.807, 2.05) is 30.3 Å². The van der Waals surface area contributed by atoms with Gasteiger partial charge in [0.05, 0.1) is 29.1 Å². The molecule has 2 atom stereocenters. The molecule has 1 fully saturated rings. The van der Waals surface area contributed by atoms with Gasteiger partial charge in [-0.1, -0.05) is 38.1 Å². The molecule has 1 amide bonds. The monoisotopic (exact) mass is 527 g/mol. The molecule has 3 aromatic rings. The molecular formula is C27H33N3O6S. The minimum absolute atomic E-state index is 0.114. The SMILES string of the molecule is CCc1ccc(-c2oc3nc(CN(CCCC(C)C(=O)O)S(=O)O)c(C4CC4)cc3c2C(=O)NC)cc1. The molecule has 0 radical (unpaired) electrons. The topological polar surface area (TPSA) is 133 Å². The van der Waals surface area contributed by atoms with E-state index in [2.05, 4.69) is 12.2 Å². The van der Waals surface area contributed by atoms with Crippen LogP contribution in [-0.4, -0.2) is 48.6 Å². The van der Waals surface area contributed by atoms with Crippen LogP contribution in [0.25, 0.3) is 22.4 Å². The maximum Gasteiger partial charge on any atom is 0.306 e. The first-order valence-corrected chi connectivity index (χ1v) is 13.7. The van der Waals surface area contributed by atoms with E-state index in [9.17, 15) is 18.4 Å². The number of carboxylic acid groups (broad SMARTS) is 1. The number of aromatic nitrogens is 1. The van der Waals surface area contributed by atoms with E-state index >= 15 is 0 Å². The Labute approximate surface area is 218 Å². The lowest BCUT2D eigenvalue weighted by Gasteiger charge is -2.19. The zero-order valence-corrected chi connectivity index (χ0v) is 22.1. The largest absolute Gasteiger partial charge is 0.481 e. The quantitative estimate of drug-likeness (QED) is 0.290. The van der Waals surface area contributed by atoms with Gasteiger partial charge >= 0.3 is 5.97 Å². The van der Waals surface area contributed by atoms with Crippen LogP contribution < -0.4 is 5.32 Å². The molecule has 1 aliphatic rings. The number of fused-ring (bicyclic) bond motifs is 1. The Morgan fingerprint density at radius 3 is 2.54 bits per heavy atom. The Kier molecular flexibility index (Phi) is 8.41. The van der Waals surface area contributed by atoms with E-state index in [0.717, 1.165) is 30.4 Å². The Balaban J connectivity index is 1.72. The van der Waals surface area contributed by atoms with Crippen molar-refractivity contribution in [3.8, 4) is 11.3 Å². The predicted octanol–water partition coefficient (Wildman–Crippen LogP) is 4.73. The number of carbonyl (C=O) groups is 2. The third kappa shape index (κ3) is 6.08. The van der Waals surface area contributed by atoms with E-state index in [1.54, 1.807) is 14.0 Å². The molecule has 3 N–H and O–H groups in total. The van der Waals surface area contributed by atoms with Crippen molar-refractivity contribution < 1.29 is 27.9 Å². The Morgan fingerprint density at radius 2 is 1.97 bits per heavy atom. The van der Waals surface area contributed by atoms with Gasteiger partial charge in [0.25, 0.3) is 5.91 Å². The van der Waals surface area contributed by atoms with E-state index in [0.29, 0.717) is 41.0 Å². The summed E-state index contributed by atoms with van der Waals surface area (Å²) in [5, 5.41) is 12.4. The molecular weight excluding hydrogens is 494 g/mol. The summed E-state index contributed by atoms with van der Waals surface area (Å²) < 4.78 is 29.6. The van der Waals surface area contributed by atoms with Gasteiger partial charge in [-0.2, -0.15) is 4.31 Å². The minimum Gasteiger partial charge on any atom is -0.481 e. The molecule has 1 aliphatic carbocycles. The number of carbonyl (C=O) groups excluding carboxylic acids is 1. The first kappa shape index (κ1) is 27.0. The summed E-state index contributed by atoms with van der Waals surface area (Å²) in [6.45, 7) is 4.06. The van der Waals surface area contributed by atoms with Gasteiger partial charge in [0, 0.05) is 19.2 Å². The molecule has 0 aliphatic heterocycles. The average molecular weight is 528 g/mol. The van der Waals surface area contributed by atoms with Crippen LogP contribution in [0.3, 0.4) is 0 Å². The lowest BCUT2D eigenvalue weighted by atomic mass is 10.0. The van der Waals surface area contributed by atoms with Crippen LogP contribution in [0.5, 0.6) is 0 Å². The van der Waals surface area contributed by atoms with Gasteiger partial charge in [0.1, 0.15) is 5.76 Å². The average Bonchev–Trinajstić information content (AvgIpc) is 3.67. The van der Waals surface area contributed by atoms with Gasteiger partial charge in [0.2, 0.25) is 17.0 Å². The van der Waals surface area contributed by atoms with E-state index in [1.165, 1.54) is 9.87 Å². The van der Waals surface area contributed by atoms with Crippen molar-refractivity contribution in [3.63, 3.8) is 0 Å². The molecule has 4 rings (SSSR count). The zero-order chi connectivity index (χ0) is 26.7. The molecule has 1 aromatic carbocycles. The molecule has 0 saturated heterocycles. The lowest BCUT2D eigenvalue weighted by molar-refractivity contribution is -0.141. The van der Waals surface area contributed by atoms with E-state index in [-0.39, 0.29) is 24.9 Å². The number of pyridine rings is 1. The zero-order valence-electron chi connectivity index (χ0n) is 21.3. The highest BCUT2D eigenvalue weighted by atomic mass is 32.2. The van der Waals surface area contributed by atoms with Crippen molar-refractivity contribution in [2.45, 2.75) is 58.4 Å². The van der Waals surface area contributed by atoms with Crippen molar-refractivity contribution in [2.24, 2.45) is 5.92 Å². The highest BCUT2D eigenvalue weighted by molar-refractivity contribution is 7.76. The van der Waals surface area contributed by atoms with Crippen molar-refractivity contribution in [3.05, 3.63) is 52.7 Å². The molecule has 0 bridgehead atoms. The number of hydrogen-bond acceptors (Lipinski definition) is 5. The second kappa shape index (κ2) is 11.5. The minimum atomic E-state index is -2.25. The maximum absolute atomic E-state index is 13.0. The fourth-order valence-corrected chi connectivity index (χ4v) is 4.99. The first-order valence-electron chi connectivity index (χ1n) is 12.6. The summed E-state index contributed by atoms with van der Waals surface area (Å²) in [4.78, 5) is 28.8. The van der Waals surface area contributed by atoms with Gasteiger partial charge in [-0.25, -0.2) is 9.19 Å². The molecule has 2 aromatic heterocycles. The molecule has 2 heterocycles. The van der Waals surface area contributed by atoms with Gasteiger partial charge in [-0.05, 0) is 55.2 Å². The van der Waals surface area contributed by atoms with Crippen molar-refractivity contribution in [1.29, 1.82) is 0 Å². The number of aliphatic carboxylic acids is 1. The smallest absolute Gasteiger partial charge is 0.306 e. The van der Waals surface area contributed by atoms with Crippen molar-refractivity contribution >= 4 is 34.2 Å². The molecule has 9 nitrogen and oxygen atoms in total. The van der Waals surface area contributed by atoms with Crippen molar-refractivity contribution in [2.75, 3.05) is 13.6 Å². The van der Waals surface area contributed by atoms with E-state index in [4.69, 9.17) is 14.5 Å². The summed E-state index contributed by atoms with van der Waals surface area (Å²) in [7, 11) is 1.58. The van der Waals surface area contributed by atoms with E-state index < -0.39 is 23.2 Å². The second-order valence-electron chi connectivity index (χ2n) is 9.56. The number of carboxylic acids is 1. The highest BCUT2D eigenvalue weighted by Crippen LogP contribution is 2.44. The molecule has 0 spiro atoms. The summed E-state index contributed by atoms with van der Waals surface area (Å²) >= 11 is -2.25. The number of furan rings is 1. The predicted molar refractivity (Wildman–Crippen MR) is 141 cm³/mol. The molecule has 1 saturated carbocycles. The summed E-state index contributed by atoms with van der Waals surface area (Å²) in [6.07, 6.45) is 3.73. The number of amides is 1. The Bertz CT molecular complexity index is 1320. The van der Waals surface area contributed by atoms with Crippen LogP contribution >= 0.6 is 0 Å². The standard InChI is InChI=1S/C27H33N3O6S/c1-4-17-7-9-19(10-8-17)24-23(25(31)28-3)21-14-20(18-11-12-18)22(29-26(21)36-24)15-30(37(34)35)13-5-6-16(2)27(32)33/h7-10,14,16,18H,4-6,11-13,15H2,1-3H3,(H,28,31)(H,32,33)(H,34,35). The Hall–Kier alpha value is -3.08. The Morgan fingerprint density at radius 1 is 1.27 bits per heavy atom. The molecule has 37 heavy (non-hydrogen) atoms. The van der Waals surface area contributed by atoms with Gasteiger partial charge in [-0.15, -0.1) is 0 Å². The molecule has 198 valence electrons. The number of rotatable bonds is 12. The molecule has 10 heteroatoms. The van der Waals surface area contributed by atoms with Crippen LogP contribution in [0.1, 0.15) is 72.6 Å². The summed E-state index contributed by atoms with van der Waals surface area (Å²) in [5.41, 5.74) is 4.25. The number of hydrogen-bond donors (Lipinski definition) is 3. The maximum atomic E-state index is 13.0. The second-order valence-corrected chi connectivity index (χ2v) is 10.5. The third-order valence-corrected chi connectivity index (χ3v) is 7.66. The third-order valence-electron chi connectivity index (χ3n) is 6.90. The number of nitrogens with one attached hydrogen (secondary N) is 1. The fraction of sp³-hybridized carbons (Fsp3) is 0.444. The number of aryl methyl sites for hydroxylation is 1. The normalized spacial score (nSPS) is 15.2. The van der Waals surface area contributed by atoms with Gasteiger partial charge in [-0.3, -0.25) is 14.1 Å². The number of nitrogens with zero attached hydrogens (tertiary/aromatic N) is 2. The summed E-state index contributed by atoms with van der Waals surface area (Å²) in [5.74, 6) is -0.970. The van der Waals surface area contributed by atoms with Gasteiger partial charge < -0.3 is 14.8 Å². The van der Waals surface area contributed by atoms with Crippen LogP contribution in [0.15, 0.2) is 34.7 Å². The van der Waals surface area contributed by atoms with Crippen molar-refractivity contribution in [1.82, 2.24) is 14.6 Å². The summed E-state index contributed by atoms with van der Waals surface area (Å²) in [6, 6.07) is 9.81. The van der Waals surface area contributed by atoms with Gasteiger partial charge in [0.15, 0.2) is 0 Å². The fourth-order valence-electron chi connectivity index (χ4n) is 4.47. The first-order chi connectivity index (χ1) is 17.7. The van der Waals surface area contributed by atoms with Crippen LogP contribution in [-0.2, 0) is 29.0 Å². The molecule has 2 unspecified atom stereocenters. The lowest BCUT2D eigenvalue weighted by Crippen LogP contribution is -2.28. The highest BCUT2D eigenvalue weighted by Gasteiger charge is 2.31. The number of benzene rings is 1.